The van der Waals surface area contributed by atoms with Gasteiger partial charge in [-0.05, 0) is 18.2 Å². The number of pyridine rings is 1. The van der Waals surface area contributed by atoms with Crippen molar-refractivity contribution in [1.29, 1.82) is 0 Å². The molecule has 0 spiro atoms. The van der Waals surface area contributed by atoms with E-state index in [9.17, 15) is 9.59 Å². The second kappa shape index (κ2) is 10.5. The third-order valence-corrected chi connectivity index (χ3v) is 5.14. The zero-order valence-electron chi connectivity index (χ0n) is 17.5. The largest absolute Gasteiger partial charge is 0.496 e. The van der Waals surface area contributed by atoms with Crippen molar-refractivity contribution >= 4 is 17.9 Å². The number of rotatable bonds is 8. The number of amides is 2. The van der Waals surface area contributed by atoms with E-state index in [0.717, 1.165) is 17.0 Å². The molecule has 0 aliphatic carbocycles. The number of piperazine rings is 1. The van der Waals surface area contributed by atoms with Crippen LogP contribution in [-0.4, -0.2) is 66.4 Å². The van der Waals surface area contributed by atoms with Gasteiger partial charge in [0.15, 0.2) is 0 Å². The summed E-state index contributed by atoms with van der Waals surface area (Å²) in [5.74, 6) is 0.612. The maximum atomic E-state index is 12.7. The molecule has 1 fully saturated rings. The van der Waals surface area contributed by atoms with Crippen molar-refractivity contribution in [2.45, 2.75) is 19.0 Å². The number of aromatic nitrogens is 1. The quantitative estimate of drug-likeness (QED) is 0.723. The van der Waals surface area contributed by atoms with Gasteiger partial charge in [0.1, 0.15) is 5.75 Å². The third kappa shape index (κ3) is 5.67. The van der Waals surface area contributed by atoms with Gasteiger partial charge in [0.05, 0.1) is 31.8 Å². The number of methoxy groups -OCH3 is 1. The summed E-state index contributed by atoms with van der Waals surface area (Å²) in [6.45, 7) is 2.27. The summed E-state index contributed by atoms with van der Waals surface area (Å²) in [7, 11) is 3.38. The molecule has 1 saturated heterocycles. The van der Waals surface area contributed by atoms with Gasteiger partial charge in [0.2, 0.25) is 11.8 Å². The minimum absolute atomic E-state index is 0.0820. The number of nitrogens with one attached hydrogen (secondary N) is 1. The number of carbonyl (C=O) groups excluding carboxylic acids is 2. The van der Waals surface area contributed by atoms with E-state index in [0.29, 0.717) is 26.2 Å². The van der Waals surface area contributed by atoms with E-state index in [1.807, 2.05) is 59.5 Å². The van der Waals surface area contributed by atoms with E-state index < -0.39 is 6.04 Å². The molecule has 7 heteroatoms. The van der Waals surface area contributed by atoms with E-state index in [1.165, 1.54) is 0 Å². The summed E-state index contributed by atoms with van der Waals surface area (Å²) in [6.07, 6.45) is 5.83. The van der Waals surface area contributed by atoms with Gasteiger partial charge in [-0.3, -0.25) is 19.5 Å². The molecule has 2 amide bonds. The van der Waals surface area contributed by atoms with Crippen molar-refractivity contribution < 1.29 is 14.3 Å². The summed E-state index contributed by atoms with van der Waals surface area (Å²) in [4.78, 5) is 33.1. The van der Waals surface area contributed by atoms with E-state index >= 15 is 0 Å². The Bertz CT molecular complexity index is 885. The summed E-state index contributed by atoms with van der Waals surface area (Å²) in [6, 6.07) is 12.9. The molecular weight excluding hydrogens is 380 g/mol. The van der Waals surface area contributed by atoms with Crippen LogP contribution in [-0.2, 0) is 16.1 Å². The lowest BCUT2D eigenvalue weighted by atomic mass is 10.1. The molecule has 30 heavy (non-hydrogen) atoms. The molecule has 1 aliphatic heterocycles. The van der Waals surface area contributed by atoms with Crippen LogP contribution in [0.3, 0.4) is 0 Å². The fourth-order valence-corrected chi connectivity index (χ4v) is 3.47. The fourth-order valence-electron chi connectivity index (χ4n) is 3.47. The van der Waals surface area contributed by atoms with Gasteiger partial charge in [-0.15, -0.1) is 0 Å². The summed E-state index contributed by atoms with van der Waals surface area (Å²) >= 11 is 0. The number of benzene rings is 1. The fraction of sp³-hybridized carbons (Fsp3) is 0.348. The monoisotopic (exact) mass is 408 g/mol. The standard InChI is InChI=1S/C23H28N4O3/c1-26(17-19-10-5-6-12-24-19)22(28)16-20-23(29)25-13-15-27(20)14-7-9-18-8-3-4-11-21(18)30-2/h3-12,20H,13-17H2,1-2H3,(H,25,29)/b9-7+/t20-/m0/s1. The highest BCUT2D eigenvalue weighted by Crippen LogP contribution is 2.19. The van der Waals surface area contributed by atoms with E-state index in [4.69, 9.17) is 4.74 Å². The number of hydrogen-bond donors (Lipinski definition) is 1. The minimum atomic E-state index is -0.486. The van der Waals surface area contributed by atoms with Crippen molar-refractivity contribution in [3.8, 4) is 5.75 Å². The number of hydrogen-bond acceptors (Lipinski definition) is 5. The Morgan fingerprint density at radius 3 is 2.87 bits per heavy atom. The average Bonchev–Trinajstić information content (AvgIpc) is 2.76. The molecular formula is C23H28N4O3. The molecule has 1 aliphatic rings. The number of nitrogens with zero attached hydrogens (tertiary/aromatic N) is 3. The van der Waals surface area contributed by atoms with Gasteiger partial charge < -0.3 is 15.0 Å². The molecule has 0 radical (unpaired) electrons. The van der Waals surface area contributed by atoms with Gasteiger partial charge in [-0.1, -0.05) is 36.4 Å². The minimum Gasteiger partial charge on any atom is -0.496 e. The number of ether oxygens (including phenoxy) is 1. The van der Waals surface area contributed by atoms with Crippen molar-refractivity contribution in [1.82, 2.24) is 20.1 Å². The van der Waals surface area contributed by atoms with Crippen LogP contribution in [0.15, 0.2) is 54.7 Å². The molecule has 2 aromatic rings. The van der Waals surface area contributed by atoms with Crippen molar-refractivity contribution in [2.24, 2.45) is 0 Å². The average molecular weight is 409 g/mol. The Morgan fingerprint density at radius 1 is 1.30 bits per heavy atom. The third-order valence-electron chi connectivity index (χ3n) is 5.14. The Hall–Kier alpha value is -3.19. The first-order valence-electron chi connectivity index (χ1n) is 10.0. The SMILES string of the molecule is COc1ccccc1/C=C/CN1CCNC(=O)[C@@H]1CC(=O)N(C)Cc1ccccn1. The van der Waals surface area contributed by atoms with Gasteiger partial charge in [0.25, 0.3) is 0 Å². The highest BCUT2D eigenvalue weighted by molar-refractivity contribution is 5.88. The predicted molar refractivity (Wildman–Crippen MR) is 116 cm³/mol. The van der Waals surface area contributed by atoms with Crippen LogP contribution in [0.25, 0.3) is 6.08 Å². The lowest BCUT2D eigenvalue weighted by Gasteiger charge is -2.34. The first-order valence-corrected chi connectivity index (χ1v) is 10.0. The van der Waals surface area contributed by atoms with E-state index in [2.05, 4.69) is 10.3 Å². The van der Waals surface area contributed by atoms with E-state index in [1.54, 1.807) is 25.3 Å². The highest BCUT2D eigenvalue weighted by atomic mass is 16.5. The Balaban J connectivity index is 1.62. The van der Waals surface area contributed by atoms with Crippen LogP contribution < -0.4 is 10.1 Å². The van der Waals surface area contributed by atoms with Gasteiger partial charge in [-0.2, -0.15) is 0 Å². The summed E-state index contributed by atoms with van der Waals surface area (Å²) < 4.78 is 5.37. The summed E-state index contributed by atoms with van der Waals surface area (Å²) in [5, 5.41) is 2.87. The van der Waals surface area contributed by atoms with Crippen LogP contribution >= 0.6 is 0 Å². The lowest BCUT2D eigenvalue weighted by Crippen LogP contribution is -2.56. The Morgan fingerprint density at radius 2 is 2.10 bits per heavy atom. The van der Waals surface area contributed by atoms with Gasteiger partial charge >= 0.3 is 0 Å². The van der Waals surface area contributed by atoms with Crippen LogP contribution in [0.5, 0.6) is 5.75 Å². The second-order valence-electron chi connectivity index (χ2n) is 7.22. The van der Waals surface area contributed by atoms with Gasteiger partial charge in [-0.25, -0.2) is 0 Å². The smallest absolute Gasteiger partial charge is 0.237 e. The predicted octanol–water partition coefficient (Wildman–Crippen LogP) is 1.95. The molecule has 7 nitrogen and oxygen atoms in total. The first-order chi connectivity index (χ1) is 14.6. The van der Waals surface area contributed by atoms with Crippen LogP contribution in [0.4, 0.5) is 0 Å². The molecule has 2 heterocycles. The van der Waals surface area contributed by atoms with Crippen molar-refractivity contribution in [3.05, 3.63) is 66.0 Å². The molecule has 1 aromatic carbocycles. The van der Waals surface area contributed by atoms with Crippen molar-refractivity contribution in [2.75, 3.05) is 33.8 Å². The molecule has 1 N–H and O–H groups in total. The molecule has 1 atom stereocenters. The molecule has 0 saturated carbocycles. The van der Waals surface area contributed by atoms with Crippen LogP contribution in [0.1, 0.15) is 17.7 Å². The van der Waals surface area contributed by atoms with Crippen LogP contribution in [0, 0.1) is 0 Å². The van der Waals surface area contributed by atoms with Crippen LogP contribution in [0.2, 0.25) is 0 Å². The molecule has 0 unspecified atom stereocenters. The molecule has 3 rings (SSSR count). The number of carbonyl (C=O) groups is 2. The Labute approximate surface area is 177 Å². The number of para-hydroxylation sites is 1. The van der Waals surface area contributed by atoms with Gasteiger partial charge in [0, 0.05) is 38.4 Å². The lowest BCUT2D eigenvalue weighted by molar-refractivity contribution is -0.138. The second-order valence-corrected chi connectivity index (χ2v) is 7.22. The zero-order valence-corrected chi connectivity index (χ0v) is 17.5. The maximum absolute atomic E-state index is 12.7. The normalized spacial score (nSPS) is 17.0. The maximum Gasteiger partial charge on any atom is 0.237 e. The van der Waals surface area contributed by atoms with E-state index in [-0.39, 0.29) is 18.2 Å². The molecule has 1 aromatic heterocycles. The Kier molecular flexibility index (Phi) is 7.57. The van der Waals surface area contributed by atoms with Crippen molar-refractivity contribution in [3.63, 3.8) is 0 Å². The summed E-state index contributed by atoms with van der Waals surface area (Å²) in [5.41, 5.74) is 1.79. The highest BCUT2D eigenvalue weighted by Gasteiger charge is 2.31. The molecule has 0 bridgehead atoms. The zero-order chi connectivity index (χ0) is 21.3. The molecule has 158 valence electrons. The first kappa shape index (κ1) is 21.5. The topological polar surface area (TPSA) is 74.8 Å².